The largest absolute Gasteiger partial charge is 0.321 e. The van der Waals surface area contributed by atoms with Gasteiger partial charge in [-0.05, 0) is 23.8 Å². The van der Waals surface area contributed by atoms with Crippen molar-refractivity contribution in [2.45, 2.75) is 6.04 Å². The van der Waals surface area contributed by atoms with Crippen LogP contribution < -0.4 is 5.73 Å². The van der Waals surface area contributed by atoms with Gasteiger partial charge >= 0.3 is 0 Å². The van der Waals surface area contributed by atoms with Gasteiger partial charge in [-0.15, -0.1) is 6.58 Å². The molecule has 0 radical (unpaired) electrons. The van der Waals surface area contributed by atoms with Crippen LogP contribution in [0.3, 0.4) is 0 Å². The lowest BCUT2D eigenvalue weighted by Gasteiger charge is -2.06. The van der Waals surface area contributed by atoms with Crippen molar-refractivity contribution >= 4 is 11.6 Å². The van der Waals surface area contributed by atoms with Crippen molar-refractivity contribution in [3.8, 4) is 0 Å². The first-order valence-electron chi connectivity index (χ1n) is 3.47. The molecular formula is C9H9ClFN. The van der Waals surface area contributed by atoms with Crippen molar-refractivity contribution in [2.75, 3.05) is 0 Å². The lowest BCUT2D eigenvalue weighted by molar-refractivity contribution is 0.624. The predicted octanol–water partition coefficient (Wildman–Crippen LogP) is 2.66. The van der Waals surface area contributed by atoms with E-state index in [0.29, 0.717) is 10.6 Å². The zero-order valence-corrected chi connectivity index (χ0v) is 7.18. The average Bonchev–Trinajstić information content (AvgIpc) is 2.01. The second-order valence-corrected chi connectivity index (χ2v) is 2.90. The van der Waals surface area contributed by atoms with Crippen LogP contribution in [0.1, 0.15) is 11.6 Å². The predicted molar refractivity (Wildman–Crippen MR) is 48.5 cm³/mol. The Labute approximate surface area is 75.6 Å². The summed E-state index contributed by atoms with van der Waals surface area (Å²) in [4.78, 5) is 0. The molecule has 0 fully saturated rings. The third kappa shape index (κ3) is 2.06. The summed E-state index contributed by atoms with van der Waals surface area (Å²) >= 11 is 5.62. The number of halogens is 2. The van der Waals surface area contributed by atoms with Crippen molar-refractivity contribution in [3.63, 3.8) is 0 Å². The van der Waals surface area contributed by atoms with Crippen LogP contribution in [0.4, 0.5) is 4.39 Å². The summed E-state index contributed by atoms with van der Waals surface area (Å²) in [5.41, 5.74) is 6.22. The summed E-state index contributed by atoms with van der Waals surface area (Å²) in [7, 11) is 0. The molecule has 0 aliphatic carbocycles. The average molecular weight is 186 g/mol. The summed E-state index contributed by atoms with van der Waals surface area (Å²) in [6.07, 6.45) is 1.53. The fourth-order valence-electron chi connectivity index (χ4n) is 0.904. The molecule has 1 aromatic rings. The van der Waals surface area contributed by atoms with Crippen LogP contribution in [0.5, 0.6) is 0 Å². The van der Waals surface area contributed by atoms with E-state index in [1.807, 2.05) is 0 Å². The van der Waals surface area contributed by atoms with E-state index >= 15 is 0 Å². The molecule has 0 unspecified atom stereocenters. The van der Waals surface area contributed by atoms with E-state index in [0.717, 1.165) is 0 Å². The Kier molecular flexibility index (Phi) is 2.84. The van der Waals surface area contributed by atoms with Crippen LogP contribution in [-0.4, -0.2) is 0 Å². The highest BCUT2D eigenvalue weighted by Crippen LogP contribution is 2.18. The maximum atomic E-state index is 12.8. The van der Waals surface area contributed by atoms with Crippen molar-refractivity contribution in [1.82, 2.24) is 0 Å². The van der Waals surface area contributed by atoms with E-state index in [9.17, 15) is 4.39 Å². The van der Waals surface area contributed by atoms with Gasteiger partial charge in [0.25, 0.3) is 0 Å². The number of rotatable bonds is 2. The molecule has 0 aliphatic rings. The molecule has 1 rings (SSSR count). The lowest BCUT2D eigenvalue weighted by atomic mass is 10.1. The second kappa shape index (κ2) is 3.70. The lowest BCUT2D eigenvalue weighted by Crippen LogP contribution is -2.06. The summed E-state index contributed by atoms with van der Waals surface area (Å²) < 4.78 is 12.8. The van der Waals surface area contributed by atoms with E-state index in [-0.39, 0.29) is 11.9 Å². The molecule has 0 bridgehead atoms. The molecule has 0 amide bonds. The molecule has 1 atom stereocenters. The van der Waals surface area contributed by atoms with Gasteiger partial charge in [0.1, 0.15) is 5.82 Å². The highest BCUT2D eigenvalue weighted by Gasteiger charge is 2.03. The molecule has 0 saturated heterocycles. The minimum absolute atomic E-state index is 0.349. The number of nitrogens with two attached hydrogens (primary N) is 1. The van der Waals surface area contributed by atoms with Crippen LogP contribution in [0.2, 0.25) is 5.02 Å². The molecule has 0 saturated carbocycles. The number of hydrogen-bond donors (Lipinski definition) is 1. The maximum absolute atomic E-state index is 12.8. The molecule has 3 heteroatoms. The van der Waals surface area contributed by atoms with Crippen LogP contribution >= 0.6 is 11.6 Å². The third-order valence-corrected chi connectivity index (χ3v) is 1.74. The SMILES string of the molecule is C=C[C@@H](N)c1cc(F)cc(Cl)c1. The van der Waals surface area contributed by atoms with E-state index in [2.05, 4.69) is 6.58 Å². The Morgan fingerprint density at radius 1 is 1.50 bits per heavy atom. The van der Waals surface area contributed by atoms with E-state index in [1.165, 1.54) is 18.2 Å². The molecule has 64 valence electrons. The van der Waals surface area contributed by atoms with Gasteiger partial charge in [-0.2, -0.15) is 0 Å². The summed E-state index contributed by atoms with van der Waals surface area (Å²) in [6.45, 7) is 3.51. The molecule has 12 heavy (non-hydrogen) atoms. The van der Waals surface area contributed by atoms with Gasteiger partial charge in [-0.25, -0.2) is 4.39 Å². The van der Waals surface area contributed by atoms with Crippen LogP contribution in [-0.2, 0) is 0 Å². The van der Waals surface area contributed by atoms with Gasteiger partial charge in [0.15, 0.2) is 0 Å². The molecule has 0 heterocycles. The van der Waals surface area contributed by atoms with Crippen molar-refractivity contribution < 1.29 is 4.39 Å². The third-order valence-electron chi connectivity index (χ3n) is 1.52. The topological polar surface area (TPSA) is 26.0 Å². The highest BCUT2D eigenvalue weighted by molar-refractivity contribution is 6.30. The van der Waals surface area contributed by atoms with Crippen LogP contribution in [0.25, 0.3) is 0 Å². The normalized spacial score (nSPS) is 12.6. The van der Waals surface area contributed by atoms with Crippen molar-refractivity contribution in [2.24, 2.45) is 5.73 Å². The Bertz CT molecular complexity index is 278. The van der Waals surface area contributed by atoms with Gasteiger partial charge in [-0.1, -0.05) is 17.7 Å². The van der Waals surface area contributed by atoms with Gasteiger partial charge in [0.2, 0.25) is 0 Å². The number of hydrogen-bond acceptors (Lipinski definition) is 1. The molecule has 1 nitrogen and oxygen atoms in total. The Morgan fingerprint density at radius 2 is 2.17 bits per heavy atom. The first-order chi connectivity index (χ1) is 5.63. The zero-order chi connectivity index (χ0) is 9.14. The molecule has 1 aromatic carbocycles. The maximum Gasteiger partial charge on any atom is 0.125 e. The van der Waals surface area contributed by atoms with E-state index in [4.69, 9.17) is 17.3 Å². The van der Waals surface area contributed by atoms with Gasteiger partial charge in [0.05, 0.1) is 0 Å². The van der Waals surface area contributed by atoms with Crippen LogP contribution in [0.15, 0.2) is 30.9 Å². The quantitative estimate of drug-likeness (QED) is 0.705. The Hall–Kier alpha value is -0.860. The molecule has 0 spiro atoms. The second-order valence-electron chi connectivity index (χ2n) is 2.46. The Balaban J connectivity index is 3.08. The summed E-state index contributed by atoms with van der Waals surface area (Å²) in [6, 6.07) is 3.84. The van der Waals surface area contributed by atoms with Crippen molar-refractivity contribution in [1.29, 1.82) is 0 Å². The van der Waals surface area contributed by atoms with Gasteiger partial charge < -0.3 is 5.73 Å². The van der Waals surface area contributed by atoms with Gasteiger partial charge in [-0.3, -0.25) is 0 Å². The first kappa shape index (κ1) is 9.23. The highest BCUT2D eigenvalue weighted by atomic mass is 35.5. The molecule has 0 aliphatic heterocycles. The monoisotopic (exact) mass is 185 g/mol. The molecule has 2 N–H and O–H groups in total. The molecular weight excluding hydrogens is 177 g/mol. The molecule has 0 aromatic heterocycles. The minimum Gasteiger partial charge on any atom is -0.321 e. The zero-order valence-electron chi connectivity index (χ0n) is 6.43. The fourth-order valence-corrected chi connectivity index (χ4v) is 1.13. The van der Waals surface area contributed by atoms with E-state index in [1.54, 1.807) is 6.07 Å². The fraction of sp³-hybridized carbons (Fsp3) is 0.111. The van der Waals surface area contributed by atoms with E-state index < -0.39 is 0 Å². The number of benzene rings is 1. The van der Waals surface area contributed by atoms with Crippen LogP contribution in [0, 0.1) is 5.82 Å². The smallest absolute Gasteiger partial charge is 0.125 e. The Morgan fingerprint density at radius 3 is 2.67 bits per heavy atom. The standard InChI is InChI=1S/C9H9ClFN/c1-2-9(12)6-3-7(10)5-8(11)4-6/h2-5,9H,1,12H2/t9-/m1/s1. The first-order valence-corrected chi connectivity index (χ1v) is 3.85. The van der Waals surface area contributed by atoms with Gasteiger partial charge in [0, 0.05) is 11.1 Å². The summed E-state index contributed by atoms with van der Waals surface area (Å²) in [5.74, 6) is -0.380. The minimum atomic E-state index is -0.380. The summed E-state index contributed by atoms with van der Waals surface area (Å²) in [5, 5.41) is 0.349. The van der Waals surface area contributed by atoms with Crippen molar-refractivity contribution in [3.05, 3.63) is 47.3 Å².